The zero-order chi connectivity index (χ0) is 29.6. The third kappa shape index (κ3) is 6.63. The maximum Gasteiger partial charge on any atom is 0.273 e. The van der Waals surface area contributed by atoms with Crippen molar-refractivity contribution in [3.63, 3.8) is 0 Å². The van der Waals surface area contributed by atoms with E-state index >= 15 is 0 Å². The van der Waals surface area contributed by atoms with E-state index in [0.717, 1.165) is 23.6 Å². The van der Waals surface area contributed by atoms with Gasteiger partial charge < -0.3 is 31.2 Å². The Bertz CT molecular complexity index is 1360. The molecule has 1 heterocycles. The molecule has 3 aromatic rings. The van der Waals surface area contributed by atoms with Gasteiger partial charge in [0.25, 0.3) is 11.8 Å². The Morgan fingerprint density at radius 2 is 1.73 bits per heavy atom. The largest absolute Gasteiger partial charge is 0.497 e. The summed E-state index contributed by atoms with van der Waals surface area (Å²) in [6, 6.07) is 11.1. The van der Waals surface area contributed by atoms with Gasteiger partial charge in [-0.3, -0.25) is 19.3 Å². The third-order valence-corrected chi connectivity index (χ3v) is 7.12. The molecule has 12 heteroatoms. The highest BCUT2D eigenvalue weighted by Crippen LogP contribution is 2.40. The summed E-state index contributed by atoms with van der Waals surface area (Å²) in [6.07, 6.45) is 0.752. The lowest BCUT2D eigenvalue weighted by Crippen LogP contribution is -2.44. The highest BCUT2D eigenvalue weighted by atomic mass is 32.1. The van der Waals surface area contributed by atoms with Crippen LogP contribution in [0, 0.1) is 5.92 Å². The van der Waals surface area contributed by atoms with Crippen LogP contribution in [-0.2, 0) is 4.79 Å². The first-order valence-electron chi connectivity index (χ1n) is 12.7. The molecule has 1 aromatic heterocycles. The van der Waals surface area contributed by atoms with E-state index in [1.807, 2.05) is 31.1 Å². The summed E-state index contributed by atoms with van der Waals surface area (Å²) < 4.78 is 15.0. The molecule has 214 valence electrons. The number of primary amides is 1. The molecular formula is C28H36N6O5S. The Kier molecular flexibility index (Phi) is 9.94. The fourth-order valence-electron chi connectivity index (χ4n) is 4.04. The van der Waals surface area contributed by atoms with E-state index < -0.39 is 23.8 Å². The van der Waals surface area contributed by atoms with E-state index in [2.05, 4.69) is 23.5 Å². The van der Waals surface area contributed by atoms with Crippen LogP contribution in [0.5, 0.6) is 11.5 Å². The third-order valence-electron chi connectivity index (χ3n) is 6.27. The van der Waals surface area contributed by atoms with E-state index in [0.29, 0.717) is 29.5 Å². The van der Waals surface area contributed by atoms with Gasteiger partial charge in [0.2, 0.25) is 5.91 Å². The lowest BCUT2D eigenvalue weighted by molar-refractivity contribution is -0.122. The number of hydrogen-bond donors (Lipinski definition) is 3. The predicted octanol–water partition coefficient (Wildman–Crippen LogP) is 3.46. The van der Waals surface area contributed by atoms with Crippen LogP contribution in [0.4, 0.5) is 17.1 Å². The second kappa shape index (κ2) is 13.2. The molecule has 0 unspecified atom stereocenters. The number of carbonyl (C=O) groups is 3. The standard InChI is InChI=1S/C28H36N6O5S/c1-16(2)13-14-31-27(36)24(17-7-9-18(10-8-17)33(3)4)34(20-12-11-19(38-5)15-21(20)39-6)28(37)25-22(29)23(26(30)35)32-40-25/h7-12,15-16,24H,13-14,29H2,1-6H3,(H2,30,35)(H,31,36)/t24-/m1/s1. The van der Waals surface area contributed by atoms with E-state index in [4.69, 9.17) is 20.9 Å². The molecule has 1 atom stereocenters. The van der Waals surface area contributed by atoms with Crippen molar-refractivity contribution in [1.29, 1.82) is 0 Å². The topological polar surface area (TPSA) is 153 Å². The first-order chi connectivity index (χ1) is 19.0. The molecule has 5 N–H and O–H groups in total. The van der Waals surface area contributed by atoms with Crippen LogP contribution in [-0.4, -0.2) is 57.0 Å². The van der Waals surface area contributed by atoms with Crippen molar-refractivity contribution < 1.29 is 23.9 Å². The molecule has 2 aromatic carbocycles. The van der Waals surface area contributed by atoms with Crippen molar-refractivity contribution >= 4 is 46.3 Å². The number of ether oxygens (including phenoxy) is 2. The summed E-state index contributed by atoms with van der Waals surface area (Å²) >= 11 is 0.738. The molecule has 0 saturated heterocycles. The average molecular weight is 569 g/mol. The smallest absolute Gasteiger partial charge is 0.273 e. The van der Waals surface area contributed by atoms with Crippen LogP contribution in [0.3, 0.4) is 0 Å². The van der Waals surface area contributed by atoms with E-state index in [1.165, 1.54) is 19.1 Å². The number of hydrogen-bond acceptors (Lipinski definition) is 9. The van der Waals surface area contributed by atoms with Crippen molar-refractivity contribution in [2.75, 3.05) is 50.4 Å². The number of nitrogens with two attached hydrogens (primary N) is 2. The number of amides is 3. The first kappa shape index (κ1) is 30.2. The van der Waals surface area contributed by atoms with Crippen molar-refractivity contribution in [3.05, 3.63) is 58.6 Å². The van der Waals surface area contributed by atoms with Gasteiger partial charge in [0, 0.05) is 32.4 Å². The highest BCUT2D eigenvalue weighted by molar-refractivity contribution is 7.09. The number of nitrogens with zero attached hydrogens (tertiary/aromatic N) is 3. The first-order valence-corrected chi connectivity index (χ1v) is 13.4. The minimum absolute atomic E-state index is 0.0310. The molecule has 0 radical (unpaired) electrons. The van der Waals surface area contributed by atoms with Gasteiger partial charge in [0.05, 0.1) is 25.6 Å². The summed E-state index contributed by atoms with van der Waals surface area (Å²) in [5.41, 5.74) is 13.0. The van der Waals surface area contributed by atoms with Gasteiger partial charge in [0.15, 0.2) is 5.69 Å². The van der Waals surface area contributed by atoms with E-state index in [-0.39, 0.29) is 22.0 Å². The molecular weight excluding hydrogens is 532 g/mol. The molecule has 0 aliphatic rings. The van der Waals surface area contributed by atoms with Gasteiger partial charge in [-0.1, -0.05) is 26.0 Å². The second-order valence-electron chi connectivity index (χ2n) is 9.71. The Balaban J connectivity index is 2.25. The molecule has 3 amide bonds. The molecule has 0 aliphatic carbocycles. The highest BCUT2D eigenvalue weighted by Gasteiger charge is 2.37. The number of aromatic nitrogens is 1. The van der Waals surface area contributed by atoms with Crippen LogP contribution in [0.1, 0.15) is 52.0 Å². The fourth-order valence-corrected chi connectivity index (χ4v) is 4.78. The summed E-state index contributed by atoms with van der Waals surface area (Å²) in [7, 11) is 6.78. The molecule has 11 nitrogen and oxygen atoms in total. The maximum atomic E-state index is 14.3. The quantitative estimate of drug-likeness (QED) is 0.300. The van der Waals surface area contributed by atoms with Gasteiger partial charge >= 0.3 is 0 Å². The number of nitrogen functional groups attached to an aromatic ring is 1. The Hall–Kier alpha value is -4.32. The SMILES string of the molecule is COc1ccc(N(C(=O)c2snc(C(N)=O)c2N)[C@@H](C(=O)NCCC(C)C)c2ccc(N(C)C)cc2)c(OC)c1. The number of carbonyl (C=O) groups excluding carboxylic acids is 3. The second-order valence-corrected chi connectivity index (χ2v) is 10.5. The van der Waals surface area contributed by atoms with Gasteiger partial charge in [-0.15, -0.1) is 0 Å². The number of methoxy groups -OCH3 is 2. The van der Waals surface area contributed by atoms with E-state index in [1.54, 1.807) is 30.3 Å². The van der Waals surface area contributed by atoms with Gasteiger partial charge in [-0.2, -0.15) is 4.37 Å². The Labute approximate surface area is 238 Å². The molecule has 0 bridgehead atoms. The predicted molar refractivity (Wildman–Crippen MR) is 157 cm³/mol. The minimum atomic E-state index is -1.13. The molecule has 0 spiro atoms. The maximum absolute atomic E-state index is 14.3. The fraction of sp³-hybridized carbons (Fsp3) is 0.357. The molecule has 0 aliphatic heterocycles. The van der Waals surface area contributed by atoms with Crippen molar-refractivity contribution in [3.8, 4) is 11.5 Å². The zero-order valence-electron chi connectivity index (χ0n) is 23.6. The van der Waals surface area contributed by atoms with Gasteiger partial charge in [0.1, 0.15) is 22.4 Å². The van der Waals surface area contributed by atoms with E-state index in [9.17, 15) is 14.4 Å². The van der Waals surface area contributed by atoms with Crippen LogP contribution < -0.4 is 36.1 Å². The minimum Gasteiger partial charge on any atom is -0.497 e. The van der Waals surface area contributed by atoms with Crippen LogP contribution in [0.2, 0.25) is 0 Å². The monoisotopic (exact) mass is 568 g/mol. The number of nitrogens with one attached hydrogen (secondary N) is 1. The molecule has 0 saturated carbocycles. The van der Waals surface area contributed by atoms with Gasteiger partial charge in [-0.05, 0) is 53.7 Å². The lowest BCUT2D eigenvalue weighted by atomic mass is 10.0. The summed E-state index contributed by atoms with van der Waals surface area (Å²) in [4.78, 5) is 43.3. The lowest BCUT2D eigenvalue weighted by Gasteiger charge is -2.32. The normalized spacial score (nSPS) is 11.6. The van der Waals surface area contributed by atoms with Crippen molar-refractivity contribution in [2.24, 2.45) is 11.7 Å². The van der Waals surface area contributed by atoms with Crippen LogP contribution >= 0.6 is 11.5 Å². The molecule has 0 fully saturated rings. The average Bonchev–Trinajstić information content (AvgIpc) is 3.32. The van der Waals surface area contributed by atoms with Crippen molar-refractivity contribution in [1.82, 2.24) is 9.69 Å². The molecule has 3 rings (SSSR count). The number of rotatable bonds is 12. The molecule has 40 heavy (non-hydrogen) atoms. The van der Waals surface area contributed by atoms with Crippen molar-refractivity contribution in [2.45, 2.75) is 26.3 Å². The summed E-state index contributed by atoms with van der Waals surface area (Å²) in [5.74, 6) is -0.759. The van der Waals surface area contributed by atoms with Crippen LogP contribution in [0.15, 0.2) is 42.5 Å². The van der Waals surface area contributed by atoms with Gasteiger partial charge in [-0.25, -0.2) is 0 Å². The number of benzene rings is 2. The van der Waals surface area contributed by atoms with Crippen LogP contribution in [0.25, 0.3) is 0 Å². The summed E-state index contributed by atoms with van der Waals surface area (Å²) in [6.45, 7) is 4.54. The number of anilines is 3. The summed E-state index contributed by atoms with van der Waals surface area (Å²) in [5, 5.41) is 2.98. The zero-order valence-corrected chi connectivity index (χ0v) is 24.4. The Morgan fingerprint density at radius 3 is 2.25 bits per heavy atom. The Morgan fingerprint density at radius 1 is 1.05 bits per heavy atom.